The number of benzene rings is 1. The van der Waals surface area contributed by atoms with Crippen LogP contribution in [0.5, 0.6) is 0 Å². The Hall–Kier alpha value is -1.70. The third kappa shape index (κ3) is 2.04. The minimum absolute atomic E-state index is 0.819. The lowest BCUT2D eigenvalue weighted by molar-refractivity contribution is 0.856. The molecule has 0 atom stereocenters. The van der Waals surface area contributed by atoms with Crippen molar-refractivity contribution in [2.75, 3.05) is 5.73 Å². The molecule has 0 saturated carbocycles. The lowest BCUT2D eigenvalue weighted by Crippen LogP contribution is -1.94. The summed E-state index contributed by atoms with van der Waals surface area (Å²) in [4.78, 5) is 0. The van der Waals surface area contributed by atoms with Crippen molar-refractivity contribution in [3.05, 3.63) is 42.1 Å². The largest absolute Gasteiger partial charge is 0.399 e. The SMILES string of the molecule is CC(C)=CCn1ccc2ccc(N)cc21. The maximum absolute atomic E-state index is 5.78. The predicted molar refractivity (Wildman–Crippen MR) is 65.8 cm³/mol. The number of nitrogens with two attached hydrogens (primary N) is 1. The van der Waals surface area contributed by atoms with Gasteiger partial charge in [0.05, 0.1) is 5.52 Å². The number of anilines is 1. The molecule has 0 bridgehead atoms. The molecule has 0 radical (unpaired) electrons. The normalized spacial score (nSPS) is 10.5. The second kappa shape index (κ2) is 3.81. The van der Waals surface area contributed by atoms with Crippen molar-refractivity contribution in [2.45, 2.75) is 20.4 Å². The van der Waals surface area contributed by atoms with E-state index in [0.29, 0.717) is 0 Å². The second-order valence-electron chi connectivity index (χ2n) is 4.07. The van der Waals surface area contributed by atoms with E-state index in [1.807, 2.05) is 12.1 Å². The summed E-state index contributed by atoms with van der Waals surface area (Å²) >= 11 is 0. The van der Waals surface area contributed by atoms with Gasteiger partial charge in [-0.3, -0.25) is 0 Å². The van der Waals surface area contributed by atoms with E-state index >= 15 is 0 Å². The van der Waals surface area contributed by atoms with Crippen molar-refractivity contribution < 1.29 is 0 Å². The molecule has 2 nitrogen and oxygen atoms in total. The van der Waals surface area contributed by atoms with Gasteiger partial charge in [-0.2, -0.15) is 0 Å². The zero-order chi connectivity index (χ0) is 10.8. The van der Waals surface area contributed by atoms with E-state index in [1.165, 1.54) is 16.5 Å². The van der Waals surface area contributed by atoms with Crippen LogP contribution in [0.25, 0.3) is 10.9 Å². The van der Waals surface area contributed by atoms with Gasteiger partial charge >= 0.3 is 0 Å². The van der Waals surface area contributed by atoms with Gasteiger partial charge in [0.2, 0.25) is 0 Å². The Kier molecular flexibility index (Phi) is 2.50. The Morgan fingerprint density at radius 3 is 2.87 bits per heavy atom. The molecule has 0 fully saturated rings. The fraction of sp³-hybridized carbons (Fsp3) is 0.231. The second-order valence-corrected chi connectivity index (χ2v) is 4.07. The highest BCUT2D eigenvalue weighted by molar-refractivity contribution is 5.83. The highest BCUT2D eigenvalue weighted by atomic mass is 14.9. The van der Waals surface area contributed by atoms with Crippen LogP contribution < -0.4 is 5.73 Å². The first-order chi connectivity index (χ1) is 7.16. The molecule has 1 aromatic heterocycles. The summed E-state index contributed by atoms with van der Waals surface area (Å²) < 4.78 is 2.21. The van der Waals surface area contributed by atoms with Gasteiger partial charge < -0.3 is 10.3 Å². The molecule has 0 unspecified atom stereocenters. The van der Waals surface area contributed by atoms with Crippen LogP contribution in [-0.2, 0) is 6.54 Å². The molecule has 78 valence electrons. The quantitative estimate of drug-likeness (QED) is 0.585. The Morgan fingerprint density at radius 2 is 2.13 bits per heavy atom. The summed E-state index contributed by atoms with van der Waals surface area (Å²) in [5.41, 5.74) is 9.13. The fourth-order valence-electron chi connectivity index (χ4n) is 1.64. The van der Waals surface area contributed by atoms with Crippen molar-refractivity contribution in [2.24, 2.45) is 0 Å². The zero-order valence-corrected chi connectivity index (χ0v) is 9.20. The van der Waals surface area contributed by atoms with Crippen LogP contribution in [0.1, 0.15) is 13.8 Å². The Labute approximate surface area is 90.0 Å². The highest BCUT2D eigenvalue weighted by Crippen LogP contribution is 2.18. The number of nitrogen functional groups attached to an aromatic ring is 1. The van der Waals surface area contributed by atoms with Crippen molar-refractivity contribution in [3.8, 4) is 0 Å². The van der Waals surface area contributed by atoms with E-state index in [0.717, 1.165) is 12.2 Å². The van der Waals surface area contributed by atoms with Crippen molar-refractivity contribution in [1.82, 2.24) is 4.57 Å². The van der Waals surface area contributed by atoms with E-state index < -0.39 is 0 Å². The molecule has 2 heteroatoms. The van der Waals surface area contributed by atoms with Gasteiger partial charge in [0, 0.05) is 18.4 Å². The first kappa shape index (κ1) is 9.84. The van der Waals surface area contributed by atoms with E-state index in [2.05, 4.69) is 42.8 Å². The van der Waals surface area contributed by atoms with Crippen molar-refractivity contribution in [1.29, 1.82) is 0 Å². The molecule has 0 amide bonds. The monoisotopic (exact) mass is 200 g/mol. The summed E-state index contributed by atoms with van der Waals surface area (Å²) in [6.45, 7) is 5.13. The molecular weight excluding hydrogens is 184 g/mol. The van der Waals surface area contributed by atoms with Gasteiger partial charge in [-0.05, 0) is 37.4 Å². The number of hydrogen-bond donors (Lipinski definition) is 1. The standard InChI is InChI=1S/C13H16N2/c1-10(2)5-7-15-8-6-11-3-4-12(14)9-13(11)15/h3-6,8-9H,7,14H2,1-2H3. The molecule has 1 aromatic carbocycles. The maximum Gasteiger partial charge on any atom is 0.0503 e. The van der Waals surface area contributed by atoms with E-state index in [1.54, 1.807) is 0 Å². The molecular formula is C13H16N2. The number of fused-ring (bicyclic) bond motifs is 1. The molecule has 2 rings (SSSR count). The molecule has 0 saturated heterocycles. The molecule has 0 aliphatic rings. The van der Waals surface area contributed by atoms with E-state index in [4.69, 9.17) is 5.73 Å². The van der Waals surface area contributed by atoms with Crippen LogP contribution in [0.15, 0.2) is 42.1 Å². The highest BCUT2D eigenvalue weighted by Gasteiger charge is 1.99. The molecule has 0 aliphatic carbocycles. The van der Waals surface area contributed by atoms with Crippen LogP contribution in [0.2, 0.25) is 0 Å². The van der Waals surface area contributed by atoms with Crippen molar-refractivity contribution in [3.63, 3.8) is 0 Å². The minimum atomic E-state index is 0.819. The van der Waals surface area contributed by atoms with Crippen LogP contribution in [0.4, 0.5) is 5.69 Å². The van der Waals surface area contributed by atoms with Gasteiger partial charge in [0.1, 0.15) is 0 Å². The van der Waals surface area contributed by atoms with Gasteiger partial charge in [0.25, 0.3) is 0 Å². The Balaban J connectivity index is 2.43. The lowest BCUT2D eigenvalue weighted by atomic mass is 10.2. The number of rotatable bonds is 2. The van der Waals surface area contributed by atoms with Gasteiger partial charge in [-0.1, -0.05) is 17.7 Å². The van der Waals surface area contributed by atoms with E-state index in [9.17, 15) is 0 Å². The minimum Gasteiger partial charge on any atom is -0.399 e. The Bertz CT molecular complexity index is 502. The number of hydrogen-bond acceptors (Lipinski definition) is 1. The summed E-state index contributed by atoms with van der Waals surface area (Å²) in [7, 11) is 0. The molecule has 1 heterocycles. The summed E-state index contributed by atoms with van der Waals surface area (Å²) in [5.74, 6) is 0. The maximum atomic E-state index is 5.78. The third-order valence-corrected chi connectivity index (χ3v) is 2.49. The van der Waals surface area contributed by atoms with Crippen LogP contribution >= 0.6 is 0 Å². The predicted octanol–water partition coefficient (Wildman–Crippen LogP) is 3.19. The summed E-state index contributed by atoms with van der Waals surface area (Å²) in [5, 5.41) is 1.24. The van der Waals surface area contributed by atoms with E-state index in [-0.39, 0.29) is 0 Å². The fourth-order valence-corrected chi connectivity index (χ4v) is 1.64. The van der Waals surface area contributed by atoms with Crippen LogP contribution in [-0.4, -0.2) is 4.57 Å². The first-order valence-electron chi connectivity index (χ1n) is 5.14. The van der Waals surface area contributed by atoms with Crippen LogP contribution in [0, 0.1) is 0 Å². The number of aromatic nitrogens is 1. The molecule has 0 aliphatic heterocycles. The smallest absolute Gasteiger partial charge is 0.0503 e. The molecule has 2 N–H and O–H groups in total. The first-order valence-corrected chi connectivity index (χ1v) is 5.14. The average molecular weight is 200 g/mol. The zero-order valence-electron chi connectivity index (χ0n) is 9.20. The summed E-state index contributed by atoms with van der Waals surface area (Å²) in [6, 6.07) is 8.14. The third-order valence-electron chi connectivity index (χ3n) is 2.49. The number of nitrogens with zero attached hydrogens (tertiary/aromatic N) is 1. The lowest BCUT2D eigenvalue weighted by Gasteiger charge is -2.02. The van der Waals surface area contributed by atoms with Gasteiger partial charge in [-0.25, -0.2) is 0 Å². The van der Waals surface area contributed by atoms with Crippen molar-refractivity contribution >= 4 is 16.6 Å². The molecule has 15 heavy (non-hydrogen) atoms. The average Bonchev–Trinajstić information content (AvgIpc) is 2.57. The molecule has 0 spiro atoms. The van der Waals surface area contributed by atoms with Crippen LogP contribution in [0.3, 0.4) is 0 Å². The van der Waals surface area contributed by atoms with Gasteiger partial charge in [0.15, 0.2) is 0 Å². The number of allylic oxidation sites excluding steroid dienone is 2. The Morgan fingerprint density at radius 1 is 1.33 bits per heavy atom. The van der Waals surface area contributed by atoms with Gasteiger partial charge in [-0.15, -0.1) is 0 Å². The topological polar surface area (TPSA) is 30.9 Å². The summed E-state index contributed by atoms with van der Waals surface area (Å²) in [6.07, 6.45) is 4.31. The molecule has 2 aromatic rings.